The lowest BCUT2D eigenvalue weighted by Crippen LogP contribution is -2.19. The van der Waals surface area contributed by atoms with Crippen molar-refractivity contribution in [2.75, 3.05) is 7.05 Å². The lowest BCUT2D eigenvalue weighted by molar-refractivity contribution is 0.626. The molecule has 98 valence electrons. The topological polar surface area (TPSA) is 12.0 Å². The molecule has 0 heterocycles. The zero-order chi connectivity index (χ0) is 13.0. The van der Waals surface area contributed by atoms with Crippen molar-refractivity contribution in [3.63, 3.8) is 0 Å². The molecule has 18 heavy (non-hydrogen) atoms. The summed E-state index contributed by atoms with van der Waals surface area (Å²) in [7, 11) is 2.05. The number of nitrogens with one attached hydrogen (secondary N) is 1. The molecule has 1 nitrogen and oxygen atoms in total. The van der Waals surface area contributed by atoms with Gasteiger partial charge in [-0.15, -0.1) is 0 Å². The molecule has 1 atom stereocenters. The molecule has 0 spiro atoms. The Balaban J connectivity index is 2.32. The van der Waals surface area contributed by atoms with Gasteiger partial charge in [0, 0.05) is 8.95 Å². The van der Waals surface area contributed by atoms with Gasteiger partial charge < -0.3 is 5.32 Å². The smallest absolute Gasteiger partial charge is 0.0545 e. The molecule has 1 unspecified atom stereocenters. The molecule has 1 aromatic rings. The second kappa shape index (κ2) is 6.88. The highest BCUT2D eigenvalue weighted by atomic mass is 79.9. The first-order valence-electron chi connectivity index (χ1n) is 6.53. The van der Waals surface area contributed by atoms with E-state index in [1.54, 1.807) is 0 Å². The van der Waals surface area contributed by atoms with Crippen LogP contribution in [0.25, 0.3) is 0 Å². The molecular weight excluding hydrogens is 354 g/mol. The second-order valence-corrected chi connectivity index (χ2v) is 6.54. The zero-order valence-corrected chi connectivity index (χ0v) is 13.9. The molecule has 1 aliphatic carbocycles. The lowest BCUT2D eigenvalue weighted by Gasteiger charge is -2.21. The summed E-state index contributed by atoms with van der Waals surface area (Å²) in [4.78, 5) is 0. The third-order valence-electron chi connectivity index (χ3n) is 3.50. The Labute approximate surface area is 126 Å². The largest absolute Gasteiger partial charge is 0.310 e. The minimum absolute atomic E-state index is 0.329. The molecule has 0 bridgehead atoms. The number of hydrogen-bond acceptors (Lipinski definition) is 1. The minimum atomic E-state index is 0.329. The van der Waals surface area contributed by atoms with Crippen molar-refractivity contribution in [1.29, 1.82) is 0 Å². The quantitative estimate of drug-likeness (QED) is 0.704. The van der Waals surface area contributed by atoms with Crippen LogP contribution in [0.1, 0.15) is 43.7 Å². The molecule has 3 heteroatoms. The minimum Gasteiger partial charge on any atom is -0.310 e. The van der Waals surface area contributed by atoms with Gasteiger partial charge in [0.15, 0.2) is 0 Å². The maximum Gasteiger partial charge on any atom is 0.0545 e. The van der Waals surface area contributed by atoms with E-state index in [9.17, 15) is 0 Å². The highest BCUT2D eigenvalue weighted by molar-refractivity contribution is 9.11. The summed E-state index contributed by atoms with van der Waals surface area (Å²) in [6.45, 7) is 0. The van der Waals surface area contributed by atoms with Gasteiger partial charge in [-0.2, -0.15) is 0 Å². The van der Waals surface area contributed by atoms with E-state index in [4.69, 9.17) is 0 Å². The van der Waals surface area contributed by atoms with Gasteiger partial charge in [0.1, 0.15) is 0 Å². The van der Waals surface area contributed by atoms with E-state index < -0.39 is 0 Å². The summed E-state index contributed by atoms with van der Waals surface area (Å²) in [6.07, 6.45) is 8.87. The number of rotatable bonds is 3. The molecular formula is C15H19Br2N. The van der Waals surface area contributed by atoms with Crippen LogP contribution in [-0.2, 0) is 0 Å². The van der Waals surface area contributed by atoms with E-state index in [0.29, 0.717) is 6.04 Å². The molecule has 0 fully saturated rings. The summed E-state index contributed by atoms with van der Waals surface area (Å²) in [6, 6.07) is 6.72. The highest BCUT2D eigenvalue weighted by Crippen LogP contribution is 2.34. The molecule has 1 aromatic carbocycles. The van der Waals surface area contributed by atoms with Crippen molar-refractivity contribution in [3.8, 4) is 0 Å². The van der Waals surface area contributed by atoms with Gasteiger partial charge in [0.25, 0.3) is 0 Å². The summed E-state index contributed by atoms with van der Waals surface area (Å²) in [5, 5.41) is 3.46. The third kappa shape index (κ3) is 3.46. The molecule has 0 aromatic heterocycles. The van der Waals surface area contributed by atoms with E-state index in [-0.39, 0.29) is 0 Å². The maximum atomic E-state index is 3.67. The fraction of sp³-hybridized carbons (Fsp3) is 0.467. The summed E-state index contributed by atoms with van der Waals surface area (Å²) in [5.74, 6) is 0. The number of likely N-dealkylation sites (N-methyl/N-ethyl adjacent to an activating group) is 1. The maximum absolute atomic E-state index is 3.67. The Bertz CT molecular complexity index is 440. The number of hydrogen-bond donors (Lipinski definition) is 1. The first-order chi connectivity index (χ1) is 8.72. The van der Waals surface area contributed by atoms with Crippen molar-refractivity contribution < 1.29 is 0 Å². The van der Waals surface area contributed by atoms with Crippen LogP contribution in [0.2, 0.25) is 0 Å². The molecule has 0 aliphatic heterocycles. The number of allylic oxidation sites excluding steroid dienone is 1. The average molecular weight is 373 g/mol. The molecule has 1 N–H and O–H groups in total. The summed E-state index contributed by atoms with van der Waals surface area (Å²) in [5.41, 5.74) is 2.86. The number of halogens is 2. The Kier molecular flexibility index (Phi) is 5.46. The fourth-order valence-corrected chi connectivity index (χ4v) is 3.43. The van der Waals surface area contributed by atoms with Crippen molar-refractivity contribution in [2.24, 2.45) is 0 Å². The standard InChI is InChI=1S/C15H19Br2N/c1-18-15(11-6-4-2-3-5-7-11)13-10-12(16)8-9-14(13)17/h6,8-10,15,18H,2-5,7H2,1H3. The van der Waals surface area contributed by atoms with Gasteiger partial charge in [-0.25, -0.2) is 0 Å². The van der Waals surface area contributed by atoms with Gasteiger partial charge in [-0.1, -0.05) is 49.9 Å². The van der Waals surface area contributed by atoms with Gasteiger partial charge in [0.2, 0.25) is 0 Å². The molecule has 0 radical (unpaired) electrons. The van der Waals surface area contributed by atoms with Crippen LogP contribution in [0.3, 0.4) is 0 Å². The van der Waals surface area contributed by atoms with E-state index in [1.807, 2.05) is 7.05 Å². The average Bonchev–Trinajstić information content (AvgIpc) is 2.64. The predicted molar refractivity (Wildman–Crippen MR) is 84.8 cm³/mol. The Morgan fingerprint density at radius 2 is 2.00 bits per heavy atom. The molecule has 2 rings (SSSR count). The van der Waals surface area contributed by atoms with Crippen molar-refractivity contribution >= 4 is 31.9 Å². The molecule has 0 amide bonds. The zero-order valence-electron chi connectivity index (χ0n) is 10.7. The van der Waals surface area contributed by atoms with Gasteiger partial charge in [0.05, 0.1) is 6.04 Å². The van der Waals surface area contributed by atoms with E-state index in [1.165, 1.54) is 47.7 Å². The van der Waals surface area contributed by atoms with Crippen LogP contribution in [0.15, 0.2) is 38.8 Å². The Hall–Kier alpha value is -0.120. The van der Waals surface area contributed by atoms with E-state index in [2.05, 4.69) is 61.5 Å². The number of benzene rings is 1. The van der Waals surface area contributed by atoms with Crippen LogP contribution < -0.4 is 5.32 Å². The van der Waals surface area contributed by atoms with Gasteiger partial charge in [-0.3, -0.25) is 0 Å². The molecule has 0 saturated heterocycles. The Morgan fingerprint density at radius 3 is 2.78 bits per heavy atom. The van der Waals surface area contributed by atoms with Crippen molar-refractivity contribution in [3.05, 3.63) is 44.4 Å². The van der Waals surface area contributed by atoms with Crippen LogP contribution in [0, 0.1) is 0 Å². The van der Waals surface area contributed by atoms with Crippen molar-refractivity contribution in [1.82, 2.24) is 5.32 Å². The van der Waals surface area contributed by atoms with Crippen LogP contribution in [0.5, 0.6) is 0 Å². The fourth-order valence-electron chi connectivity index (χ4n) is 2.58. The first kappa shape index (κ1) is 14.3. The lowest BCUT2D eigenvalue weighted by atomic mass is 9.95. The summed E-state index contributed by atoms with van der Waals surface area (Å²) >= 11 is 7.24. The first-order valence-corrected chi connectivity index (χ1v) is 8.12. The van der Waals surface area contributed by atoms with Gasteiger partial charge >= 0.3 is 0 Å². The SMILES string of the molecule is CNC(C1=CCCCCC1)c1cc(Br)ccc1Br. The summed E-state index contributed by atoms with van der Waals surface area (Å²) < 4.78 is 2.31. The predicted octanol–water partition coefficient (Wildman–Crippen LogP) is 5.36. The van der Waals surface area contributed by atoms with Crippen molar-refractivity contribution in [2.45, 2.75) is 38.1 Å². The third-order valence-corrected chi connectivity index (χ3v) is 4.72. The Morgan fingerprint density at radius 1 is 1.17 bits per heavy atom. The van der Waals surface area contributed by atoms with Crippen LogP contribution in [-0.4, -0.2) is 7.05 Å². The van der Waals surface area contributed by atoms with Crippen LogP contribution in [0.4, 0.5) is 0 Å². The monoisotopic (exact) mass is 371 g/mol. The second-order valence-electron chi connectivity index (χ2n) is 4.77. The normalized spacial score (nSPS) is 18.1. The highest BCUT2D eigenvalue weighted by Gasteiger charge is 2.18. The van der Waals surface area contributed by atoms with Gasteiger partial charge in [-0.05, 0) is 56.5 Å². The van der Waals surface area contributed by atoms with E-state index >= 15 is 0 Å². The van der Waals surface area contributed by atoms with Crippen LogP contribution >= 0.6 is 31.9 Å². The molecule has 0 saturated carbocycles. The van der Waals surface area contributed by atoms with E-state index in [0.717, 1.165) is 4.47 Å². The molecule has 1 aliphatic rings.